The highest BCUT2D eigenvalue weighted by molar-refractivity contribution is 5.83. The number of para-hydroxylation sites is 1. The van der Waals surface area contributed by atoms with Gasteiger partial charge in [0.25, 0.3) is 0 Å². The highest BCUT2D eigenvalue weighted by atomic mass is 16.5. The molecule has 1 aliphatic rings. The van der Waals surface area contributed by atoms with Crippen LogP contribution in [0.25, 0.3) is 11.0 Å². The van der Waals surface area contributed by atoms with Gasteiger partial charge in [0, 0.05) is 5.39 Å². The minimum Gasteiger partial charge on any atom is -0.493 e. The Morgan fingerprint density at radius 3 is 3.00 bits per heavy atom. The third-order valence-corrected chi connectivity index (χ3v) is 4.40. The smallest absolute Gasteiger partial charge is 0.176 e. The maximum absolute atomic E-state index is 9.57. The zero-order valence-electron chi connectivity index (χ0n) is 12.6. The molecule has 0 bridgehead atoms. The van der Waals surface area contributed by atoms with Crippen LogP contribution >= 0.6 is 0 Å². The van der Waals surface area contributed by atoms with Crippen LogP contribution in [0.1, 0.15) is 38.0 Å². The molecule has 1 fully saturated rings. The highest BCUT2D eigenvalue weighted by Crippen LogP contribution is 2.31. The number of methoxy groups -OCH3 is 1. The summed E-state index contributed by atoms with van der Waals surface area (Å²) < 4.78 is 11.3. The maximum Gasteiger partial charge on any atom is 0.176 e. The Hall–Kier alpha value is -1.52. The molecule has 2 N–H and O–H groups in total. The van der Waals surface area contributed by atoms with Gasteiger partial charge >= 0.3 is 0 Å². The summed E-state index contributed by atoms with van der Waals surface area (Å²) in [5.74, 6) is 2.26. The molecular weight excluding hydrogens is 266 g/mol. The topological polar surface area (TPSA) is 54.6 Å². The quantitative estimate of drug-likeness (QED) is 0.887. The van der Waals surface area contributed by atoms with E-state index in [1.165, 1.54) is 0 Å². The Bertz CT molecular complexity index is 607. The Morgan fingerprint density at radius 1 is 1.43 bits per heavy atom. The molecule has 0 aliphatic heterocycles. The van der Waals surface area contributed by atoms with E-state index in [4.69, 9.17) is 9.15 Å². The maximum atomic E-state index is 9.57. The lowest BCUT2D eigenvalue weighted by atomic mass is 10.1. The number of nitrogens with one attached hydrogen (secondary N) is 1. The average molecular weight is 289 g/mol. The van der Waals surface area contributed by atoms with Gasteiger partial charge in [-0.15, -0.1) is 0 Å². The summed E-state index contributed by atoms with van der Waals surface area (Å²) in [7, 11) is 1.66. The molecule has 4 nitrogen and oxygen atoms in total. The second-order valence-corrected chi connectivity index (χ2v) is 5.99. The van der Waals surface area contributed by atoms with Gasteiger partial charge < -0.3 is 19.6 Å². The lowest BCUT2D eigenvalue weighted by molar-refractivity contribution is 0.177. The van der Waals surface area contributed by atoms with Crippen LogP contribution in [0.3, 0.4) is 0 Å². The third-order valence-electron chi connectivity index (χ3n) is 4.40. The fourth-order valence-corrected chi connectivity index (χ4v) is 3.11. The minimum atomic E-state index is -0.109. The Balaban J connectivity index is 1.68. The number of ether oxygens (including phenoxy) is 1. The predicted octanol–water partition coefficient (Wildman–Crippen LogP) is 3.25. The zero-order chi connectivity index (χ0) is 14.8. The van der Waals surface area contributed by atoms with E-state index in [0.29, 0.717) is 5.92 Å². The first-order chi connectivity index (χ1) is 10.2. The van der Waals surface area contributed by atoms with E-state index in [9.17, 15) is 5.11 Å². The van der Waals surface area contributed by atoms with E-state index in [-0.39, 0.29) is 12.1 Å². The van der Waals surface area contributed by atoms with Crippen LogP contribution in [0.2, 0.25) is 0 Å². The Kier molecular flexibility index (Phi) is 4.17. The number of aliphatic hydroxyl groups excluding tert-OH is 1. The van der Waals surface area contributed by atoms with Crippen molar-refractivity contribution in [2.24, 2.45) is 5.92 Å². The molecule has 1 heterocycles. The standard InChI is InChI=1S/C17H23NO3/c1-11(18-10-12-6-7-14(19)8-12)16-9-13-4-3-5-15(20-2)17(13)21-16/h3-5,9,11-12,14,18-19H,6-8,10H2,1-2H3. The van der Waals surface area contributed by atoms with E-state index in [1.54, 1.807) is 7.11 Å². The molecule has 3 atom stereocenters. The lowest BCUT2D eigenvalue weighted by Crippen LogP contribution is -2.24. The highest BCUT2D eigenvalue weighted by Gasteiger charge is 2.23. The number of fused-ring (bicyclic) bond motifs is 1. The van der Waals surface area contributed by atoms with Gasteiger partial charge in [0.05, 0.1) is 19.3 Å². The first-order valence-electron chi connectivity index (χ1n) is 7.65. The monoisotopic (exact) mass is 289 g/mol. The van der Waals surface area contributed by atoms with Crippen LogP contribution in [0.4, 0.5) is 0 Å². The van der Waals surface area contributed by atoms with Crippen molar-refractivity contribution in [2.75, 3.05) is 13.7 Å². The van der Waals surface area contributed by atoms with Crippen molar-refractivity contribution < 1.29 is 14.3 Å². The van der Waals surface area contributed by atoms with Gasteiger partial charge in [-0.25, -0.2) is 0 Å². The molecule has 4 heteroatoms. The second-order valence-electron chi connectivity index (χ2n) is 5.99. The van der Waals surface area contributed by atoms with E-state index >= 15 is 0 Å². The molecule has 0 spiro atoms. The van der Waals surface area contributed by atoms with E-state index in [1.807, 2.05) is 18.2 Å². The summed E-state index contributed by atoms with van der Waals surface area (Å²) in [5.41, 5.74) is 0.805. The molecule has 0 amide bonds. The number of hydrogen-bond acceptors (Lipinski definition) is 4. The lowest BCUT2D eigenvalue weighted by Gasteiger charge is -2.15. The summed E-state index contributed by atoms with van der Waals surface area (Å²) in [6, 6.07) is 8.13. The van der Waals surface area contributed by atoms with Crippen LogP contribution < -0.4 is 10.1 Å². The van der Waals surface area contributed by atoms with Gasteiger partial charge in [-0.05, 0) is 50.8 Å². The van der Waals surface area contributed by atoms with Gasteiger partial charge in [-0.1, -0.05) is 12.1 Å². The van der Waals surface area contributed by atoms with Crippen LogP contribution in [0.15, 0.2) is 28.7 Å². The average Bonchev–Trinajstić information content (AvgIpc) is 3.10. The summed E-state index contributed by atoms with van der Waals surface area (Å²) in [4.78, 5) is 0. The van der Waals surface area contributed by atoms with Crippen molar-refractivity contribution in [2.45, 2.75) is 38.3 Å². The van der Waals surface area contributed by atoms with Crippen LogP contribution in [-0.2, 0) is 0 Å². The van der Waals surface area contributed by atoms with Crippen molar-refractivity contribution in [3.8, 4) is 5.75 Å². The van der Waals surface area contributed by atoms with Gasteiger partial charge in [-0.3, -0.25) is 0 Å². The van der Waals surface area contributed by atoms with Crippen molar-refractivity contribution in [1.29, 1.82) is 0 Å². The molecular formula is C17H23NO3. The molecule has 3 rings (SSSR count). The normalized spacial score (nSPS) is 23.6. The molecule has 1 aromatic carbocycles. The number of aliphatic hydroxyl groups is 1. The van der Waals surface area contributed by atoms with E-state index < -0.39 is 0 Å². The Morgan fingerprint density at radius 2 is 2.29 bits per heavy atom. The van der Waals surface area contributed by atoms with Crippen molar-refractivity contribution >= 4 is 11.0 Å². The second kappa shape index (κ2) is 6.08. The first-order valence-corrected chi connectivity index (χ1v) is 7.65. The first kappa shape index (κ1) is 14.4. The van der Waals surface area contributed by atoms with Gasteiger partial charge in [0.1, 0.15) is 5.76 Å². The molecule has 3 unspecified atom stereocenters. The number of rotatable bonds is 5. The molecule has 0 saturated heterocycles. The fourth-order valence-electron chi connectivity index (χ4n) is 3.11. The largest absolute Gasteiger partial charge is 0.493 e. The van der Waals surface area contributed by atoms with Crippen LogP contribution in [-0.4, -0.2) is 24.9 Å². The van der Waals surface area contributed by atoms with E-state index in [0.717, 1.165) is 48.3 Å². The molecule has 21 heavy (non-hydrogen) atoms. The fraction of sp³-hybridized carbons (Fsp3) is 0.529. The van der Waals surface area contributed by atoms with E-state index in [2.05, 4.69) is 18.3 Å². The summed E-state index contributed by atoms with van der Waals surface area (Å²) in [5, 5.41) is 14.2. The molecule has 2 aromatic rings. The molecule has 1 aliphatic carbocycles. The predicted molar refractivity (Wildman–Crippen MR) is 82.5 cm³/mol. The van der Waals surface area contributed by atoms with Gasteiger partial charge in [-0.2, -0.15) is 0 Å². The molecule has 1 saturated carbocycles. The third kappa shape index (κ3) is 3.06. The van der Waals surface area contributed by atoms with Crippen LogP contribution in [0.5, 0.6) is 5.75 Å². The van der Waals surface area contributed by atoms with Crippen LogP contribution in [0, 0.1) is 5.92 Å². The molecule has 0 radical (unpaired) electrons. The number of furan rings is 1. The van der Waals surface area contributed by atoms with Gasteiger partial charge in [0.2, 0.25) is 0 Å². The van der Waals surface area contributed by atoms with Crippen molar-refractivity contribution in [1.82, 2.24) is 5.32 Å². The number of benzene rings is 1. The van der Waals surface area contributed by atoms with Crippen molar-refractivity contribution in [3.05, 3.63) is 30.0 Å². The Labute approximate surface area is 125 Å². The minimum absolute atomic E-state index is 0.109. The summed E-state index contributed by atoms with van der Waals surface area (Å²) in [6.45, 7) is 3.03. The number of hydrogen-bond donors (Lipinski definition) is 2. The molecule has 1 aromatic heterocycles. The zero-order valence-corrected chi connectivity index (χ0v) is 12.6. The van der Waals surface area contributed by atoms with Crippen molar-refractivity contribution in [3.63, 3.8) is 0 Å². The van der Waals surface area contributed by atoms with Gasteiger partial charge in [0.15, 0.2) is 11.3 Å². The summed E-state index contributed by atoms with van der Waals surface area (Å²) in [6.07, 6.45) is 2.84. The molecule has 114 valence electrons. The SMILES string of the molecule is COc1cccc2cc(C(C)NCC3CCC(O)C3)oc12. The summed E-state index contributed by atoms with van der Waals surface area (Å²) >= 11 is 0.